The summed E-state index contributed by atoms with van der Waals surface area (Å²) < 4.78 is 2.28. The molecule has 0 amide bonds. The third-order valence-corrected chi connectivity index (χ3v) is 7.88. The lowest BCUT2D eigenvalue weighted by Crippen LogP contribution is -2.16. The van der Waals surface area contributed by atoms with Gasteiger partial charge in [0.05, 0.1) is 28.6 Å². The third kappa shape index (κ3) is 4.40. The summed E-state index contributed by atoms with van der Waals surface area (Å²) in [6.07, 6.45) is 11.8. The van der Waals surface area contributed by atoms with Crippen LogP contribution < -0.4 is 11.1 Å². The summed E-state index contributed by atoms with van der Waals surface area (Å²) in [5, 5.41) is 7.12. The molecule has 1 atom stereocenters. The van der Waals surface area contributed by atoms with Crippen LogP contribution in [0.1, 0.15) is 23.0 Å². The van der Waals surface area contributed by atoms with Crippen LogP contribution in [-0.2, 0) is 0 Å². The average molecular weight is 531 g/mol. The largest absolute Gasteiger partial charge is 0.405 e. The van der Waals surface area contributed by atoms with Gasteiger partial charge < -0.3 is 15.6 Å². The van der Waals surface area contributed by atoms with Gasteiger partial charge >= 0.3 is 0 Å². The van der Waals surface area contributed by atoms with Gasteiger partial charge in [0.25, 0.3) is 0 Å². The minimum Gasteiger partial charge on any atom is -0.405 e. The maximum atomic E-state index is 5.90. The average Bonchev–Trinajstić information content (AvgIpc) is 3.32. The van der Waals surface area contributed by atoms with Crippen LogP contribution in [0.5, 0.6) is 0 Å². The van der Waals surface area contributed by atoms with E-state index >= 15 is 0 Å². The molecule has 1 aliphatic rings. The number of nitrogens with two attached hydrogens (primary N) is 1. The Hall–Kier alpha value is -5.35. The summed E-state index contributed by atoms with van der Waals surface area (Å²) in [5.41, 5.74) is 15.7. The maximum Gasteiger partial charge on any atom is 0.0869 e. The van der Waals surface area contributed by atoms with Crippen molar-refractivity contribution in [2.24, 2.45) is 5.73 Å². The van der Waals surface area contributed by atoms with Crippen molar-refractivity contribution < 1.29 is 0 Å². The van der Waals surface area contributed by atoms with Crippen molar-refractivity contribution >= 4 is 27.8 Å². The lowest BCUT2D eigenvalue weighted by molar-refractivity contribution is 0.722. The molecule has 4 heteroatoms. The van der Waals surface area contributed by atoms with Crippen LogP contribution in [0.25, 0.3) is 55.8 Å². The molecule has 41 heavy (non-hydrogen) atoms. The van der Waals surface area contributed by atoms with Gasteiger partial charge in [-0.1, -0.05) is 84.9 Å². The highest BCUT2D eigenvalue weighted by Gasteiger charge is 2.17. The Bertz CT molecular complexity index is 2000. The van der Waals surface area contributed by atoms with Gasteiger partial charge in [0.1, 0.15) is 0 Å². The van der Waals surface area contributed by atoms with Gasteiger partial charge in [-0.05, 0) is 89.3 Å². The molecule has 2 aromatic heterocycles. The molecular weight excluding hydrogens is 500 g/mol. The molecule has 198 valence electrons. The number of pyridine rings is 1. The van der Waals surface area contributed by atoms with Gasteiger partial charge in [0, 0.05) is 16.6 Å². The number of allylic oxidation sites excluding steroid dienone is 2. The van der Waals surface area contributed by atoms with E-state index in [0.717, 1.165) is 39.4 Å². The second kappa shape index (κ2) is 10.3. The van der Waals surface area contributed by atoms with Crippen LogP contribution in [0, 0.1) is 6.92 Å². The minimum atomic E-state index is -0.00537. The normalized spacial score (nSPS) is 14.7. The molecule has 0 radical (unpaired) electrons. The van der Waals surface area contributed by atoms with Crippen LogP contribution >= 0.6 is 0 Å². The molecule has 0 fully saturated rings. The first-order valence-electron chi connectivity index (χ1n) is 13.9. The monoisotopic (exact) mass is 530 g/mol. The Labute approximate surface area is 239 Å². The zero-order valence-electron chi connectivity index (χ0n) is 22.8. The Kier molecular flexibility index (Phi) is 6.21. The van der Waals surface area contributed by atoms with E-state index in [4.69, 9.17) is 10.7 Å². The second-order valence-corrected chi connectivity index (χ2v) is 10.4. The van der Waals surface area contributed by atoms with Crippen LogP contribution in [0.3, 0.4) is 0 Å². The van der Waals surface area contributed by atoms with Crippen molar-refractivity contribution in [3.8, 4) is 28.1 Å². The molecule has 1 aliphatic heterocycles. The van der Waals surface area contributed by atoms with E-state index < -0.39 is 0 Å². The molecule has 1 unspecified atom stereocenters. The van der Waals surface area contributed by atoms with Crippen LogP contribution in [0.15, 0.2) is 134 Å². The summed E-state index contributed by atoms with van der Waals surface area (Å²) >= 11 is 0. The molecule has 0 bridgehead atoms. The standard InChI is InChI=1S/C37H30N4/c1-25-30-14-4-5-18-37(30)41(36(25)19-20-38)29-13-8-12-27(22-29)34-23-28(24-35(40-34)33-17-6-7-21-39-33)32-16-9-11-26-10-2-3-15-31(26)32/h2-24,33,39H,38H2,1H3/b20-19-. The zero-order valence-corrected chi connectivity index (χ0v) is 22.8. The lowest BCUT2D eigenvalue weighted by atomic mass is 9.95. The molecule has 0 spiro atoms. The van der Waals surface area contributed by atoms with E-state index in [1.807, 2.05) is 18.4 Å². The number of aromatic nitrogens is 2. The minimum absolute atomic E-state index is 0.00537. The highest BCUT2D eigenvalue weighted by atomic mass is 15.0. The van der Waals surface area contributed by atoms with Gasteiger partial charge in [-0.2, -0.15) is 0 Å². The topological polar surface area (TPSA) is 55.9 Å². The maximum absolute atomic E-state index is 5.90. The van der Waals surface area contributed by atoms with E-state index in [-0.39, 0.29) is 6.04 Å². The number of hydrogen-bond acceptors (Lipinski definition) is 3. The Morgan fingerprint density at radius 1 is 0.805 bits per heavy atom. The van der Waals surface area contributed by atoms with E-state index in [2.05, 4.69) is 132 Å². The van der Waals surface area contributed by atoms with Crippen molar-refractivity contribution in [1.29, 1.82) is 0 Å². The van der Waals surface area contributed by atoms with Crippen molar-refractivity contribution in [2.75, 3.05) is 0 Å². The second-order valence-electron chi connectivity index (χ2n) is 10.4. The van der Waals surface area contributed by atoms with Crippen molar-refractivity contribution in [3.05, 3.63) is 151 Å². The van der Waals surface area contributed by atoms with Crippen molar-refractivity contribution in [2.45, 2.75) is 13.0 Å². The first-order valence-corrected chi connectivity index (χ1v) is 13.9. The third-order valence-electron chi connectivity index (χ3n) is 7.88. The fourth-order valence-electron chi connectivity index (χ4n) is 5.92. The molecule has 6 aromatic rings. The summed E-state index contributed by atoms with van der Waals surface area (Å²) in [4.78, 5) is 5.20. The Morgan fingerprint density at radius 2 is 1.61 bits per heavy atom. The molecule has 3 N–H and O–H groups in total. The molecule has 0 saturated heterocycles. The predicted octanol–water partition coefficient (Wildman–Crippen LogP) is 8.46. The van der Waals surface area contributed by atoms with Crippen LogP contribution in [-0.4, -0.2) is 9.55 Å². The molecule has 4 aromatic carbocycles. The summed E-state index contributed by atoms with van der Waals surface area (Å²) in [7, 11) is 0. The summed E-state index contributed by atoms with van der Waals surface area (Å²) in [5.74, 6) is 0. The highest BCUT2D eigenvalue weighted by Crippen LogP contribution is 2.35. The Morgan fingerprint density at radius 3 is 2.46 bits per heavy atom. The van der Waals surface area contributed by atoms with Gasteiger partial charge in [-0.15, -0.1) is 0 Å². The Balaban J connectivity index is 1.43. The fraction of sp³-hybridized carbons (Fsp3) is 0.0541. The number of dihydropyridines is 1. The first kappa shape index (κ1) is 24.7. The number of nitrogens with zero attached hydrogens (tertiary/aromatic N) is 2. The number of rotatable bonds is 5. The van der Waals surface area contributed by atoms with Crippen LogP contribution in [0.2, 0.25) is 0 Å². The summed E-state index contributed by atoms with van der Waals surface area (Å²) in [6, 6.07) is 36.6. The molecule has 7 rings (SSSR count). The molecule has 4 nitrogen and oxygen atoms in total. The lowest BCUT2D eigenvalue weighted by Gasteiger charge is -2.19. The first-order chi connectivity index (χ1) is 20.2. The van der Waals surface area contributed by atoms with Gasteiger partial charge in [0.15, 0.2) is 0 Å². The molecule has 3 heterocycles. The number of aryl methyl sites for hydroxylation is 1. The number of hydrogen-bond donors (Lipinski definition) is 2. The molecule has 0 saturated carbocycles. The van der Waals surface area contributed by atoms with E-state index in [9.17, 15) is 0 Å². The fourth-order valence-corrected chi connectivity index (χ4v) is 5.92. The quantitative estimate of drug-likeness (QED) is 0.235. The van der Waals surface area contributed by atoms with Crippen molar-refractivity contribution in [1.82, 2.24) is 14.9 Å². The van der Waals surface area contributed by atoms with Crippen LogP contribution in [0.4, 0.5) is 0 Å². The van der Waals surface area contributed by atoms with E-state index in [1.165, 1.54) is 27.3 Å². The number of fused-ring (bicyclic) bond motifs is 2. The zero-order chi connectivity index (χ0) is 27.8. The number of para-hydroxylation sites is 1. The number of nitrogens with one attached hydrogen (secondary N) is 1. The predicted molar refractivity (Wildman–Crippen MR) is 172 cm³/mol. The molecule has 0 aliphatic carbocycles. The number of benzene rings is 4. The van der Waals surface area contributed by atoms with E-state index in [0.29, 0.717) is 0 Å². The van der Waals surface area contributed by atoms with Crippen molar-refractivity contribution in [3.63, 3.8) is 0 Å². The van der Waals surface area contributed by atoms with Gasteiger partial charge in [-0.25, -0.2) is 0 Å². The SMILES string of the molecule is Cc1c(/C=C\N)n(-c2cccc(-c3cc(-c4cccc5ccccc45)cc(C4C=CC=CN4)n3)c2)c2ccccc12. The summed E-state index contributed by atoms with van der Waals surface area (Å²) in [6.45, 7) is 2.15. The smallest absolute Gasteiger partial charge is 0.0869 e. The van der Waals surface area contributed by atoms with E-state index in [1.54, 1.807) is 6.20 Å². The highest BCUT2D eigenvalue weighted by molar-refractivity contribution is 5.97. The molecular formula is C37H30N4. The van der Waals surface area contributed by atoms with Gasteiger partial charge in [-0.3, -0.25) is 4.98 Å². The van der Waals surface area contributed by atoms with Gasteiger partial charge in [0.2, 0.25) is 0 Å².